The van der Waals surface area contributed by atoms with Crippen LogP contribution in [-0.4, -0.2) is 36.1 Å². The zero-order valence-corrected chi connectivity index (χ0v) is 60.0. The Kier molecular flexibility index (Phi) is 17.1. The van der Waals surface area contributed by atoms with Crippen molar-refractivity contribution < 1.29 is 17.0 Å². The van der Waals surface area contributed by atoms with Crippen LogP contribution in [0.1, 0.15) is 224 Å². The summed E-state index contributed by atoms with van der Waals surface area (Å²) in [6.07, 6.45) is 4.96. The molecule has 2 heterocycles. The summed E-state index contributed by atoms with van der Waals surface area (Å²) in [7, 11) is 0. The molecule has 0 fully saturated rings. The minimum absolute atomic E-state index is 0.276. The maximum absolute atomic E-state index is 8.69. The number of fused-ring (bicyclic) bond motifs is 2. The molecule has 0 aromatic heterocycles. The predicted molar refractivity (Wildman–Crippen MR) is 355 cm³/mol. The van der Waals surface area contributed by atoms with Crippen molar-refractivity contribution in [3.05, 3.63) is 162 Å². The second-order valence-electron chi connectivity index (χ2n) is 29.2. The van der Waals surface area contributed by atoms with Gasteiger partial charge in [0.15, 0.2) is 0 Å². The third-order valence-corrected chi connectivity index (χ3v) is 39.7. The molecule has 2 aliphatic rings. The number of hydrogen-bond acceptors (Lipinski definition) is 4. The van der Waals surface area contributed by atoms with Crippen LogP contribution >= 0.6 is 0 Å². The molecule has 0 N–H and O–H groups in total. The van der Waals surface area contributed by atoms with E-state index >= 15 is 0 Å². The fourth-order valence-electron chi connectivity index (χ4n) is 13.9. The molecule has 6 aromatic carbocycles. The van der Waals surface area contributed by atoms with Crippen molar-refractivity contribution in [1.82, 2.24) is 0 Å². The molecule has 82 heavy (non-hydrogen) atoms. The van der Waals surface area contributed by atoms with E-state index in [1.165, 1.54) is 107 Å². The summed E-state index contributed by atoms with van der Waals surface area (Å²) in [6, 6.07) is 27.1. The summed E-state index contributed by atoms with van der Waals surface area (Å²) in [6.45, 7) is 61.5. The van der Waals surface area contributed by atoms with Gasteiger partial charge in [0.1, 0.15) is 0 Å². The van der Waals surface area contributed by atoms with E-state index in [4.69, 9.17) is 17.0 Å². The van der Waals surface area contributed by atoms with Crippen LogP contribution in [0.4, 0.5) is 0 Å². The van der Waals surface area contributed by atoms with Crippen molar-refractivity contribution in [1.29, 1.82) is 0 Å². The van der Waals surface area contributed by atoms with Crippen molar-refractivity contribution in [2.75, 3.05) is 0 Å². The van der Waals surface area contributed by atoms with Gasteiger partial charge >= 0.3 is 508 Å². The zero-order chi connectivity index (χ0) is 60.8. The Balaban J connectivity index is 1.78. The van der Waals surface area contributed by atoms with Gasteiger partial charge in [0, 0.05) is 0 Å². The number of ether oxygens (including phenoxy) is 2. The van der Waals surface area contributed by atoms with E-state index in [0.29, 0.717) is 12.8 Å². The van der Waals surface area contributed by atoms with Gasteiger partial charge in [0.05, 0.1) is 0 Å². The molecule has 438 valence electrons. The van der Waals surface area contributed by atoms with Crippen LogP contribution < -0.4 is 34.6 Å². The number of hydrogen-bond donors (Lipinski definition) is 0. The normalized spacial score (nSPS) is 18.5. The van der Waals surface area contributed by atoms with Crippen LogP contribution in [0.3, 0.4) is 0 Å². The summed E-state index contributed by atoms with van der Waals surface area (Å²) in [5.41, 5.74) is 19.6. The van der Waals surface area contributed by atoms with Crippen LogP contribution in [0.5, 0.6) is 23.0 Å². The Labute approximate surface area is 504 Å². The molecule has 0 saturated heterocycles. The van der Waals surface area contributed by atoms with Crippen LogP contribution in [0.2, 0.25) is 0 Å². The topological polar surface area (TPSA) is 36.9 Å². The van der Waals surface area contributed by atoms with Crippen molar-refractivity contribution >= 4 is 44.8 Å². The number of rotatable bonds is 10. The van der Waals surface area contributed by atoms with E-state index in [2.05, 4.69) is 265 Å². The van der Waals surface area contributed by atoms with E-state index in [9.17, 15) is 0 Å². The second kappa shape index (κ2) is 22.2. The Hall–Kier alpha value is -4.83. The third kappa shape index (κ3) is 10.3. The number of benzene rings is 6. The molecule has 0 saturated carbocycles. The maximum atomic E-state index is 8.69. The van der Waals surface area contributed by atoms with Gasteiger partial charge in [-0.2, -0.15) is 0 Å². The van der Waals surface area contributed by atoms with Gasteiger partial charge in [-0.15, -0.1) is 0 Å². The van der Waals surface area contributed by atoms with E-state index in [0.717, 1.165) is 48.7 Å². The van der Waals surface area contributed by atoms with Gasteiger partial charge in [-0.3, -0.25) is 0 Å². The molecule has 0 aliphatic carbocycles. The van der Waals surface area contributed by atoms with Gasteiger partial charge in [0.2, 0.25) is 0 Å². The average Bonchev–Trinajstić information content (AvgIpc) is 2.83. The fraction of sp³-hybridized carbons (Fsp3) is 0.500. The fourth-order valence-corrected chi connectivity index (χ4v) is 39.2. The third-order valence-electron chi connectivity index (χ3n) is 19.4. The summed E-state index contributed by atoms with van der Waals surface area (Å²) in [5, 5.41) is 0. The second-order valence-corrected chi connectivity index (χ2v) is 43.4. The minimum atomic E-state index is -4.99. The number of unbranched alkanes of at least 4 members (excludes halogenated alkanes) is 2. The molecule has 0 radical (unpaired) electrons. The first kappa shape index (κ1) is 63.2. The molecule has 6 aromatic rings. The SMILES string of the molecule is CCCC[C]1(C#C[C]2(CCCC)Oc3ccccc3[O][Ge]2([c]2c(C(C)(C)C)cc(C)c(C)c2C)[c]2c(C(C)(C)C)cc(C)c(C)c2C)Oc2ccccc2[O][Ge]1([c]1c(C(C)(C)C)cc(C)c(C)c1C)[c]1c(C(C)(C)C)cc(C)c(C)c1C. The van der Waals surface area contributed by atoms with Crippen molar-refractivity contribution in [3.8, 4) is 34.8 Å². The average molecular weight is 1220 g/mol. The molecule has 2 atom stereocenters. The first-order valence-corrected chi connectivity index (χ1v) is 39.0. The van der Waals surface area contributed by atoms with Gasteiger partial charge < -0.3 is 0 Å². The van der Waals surface area contributed by atoms with Gasteiger partial charge in [0.25, 0.3) is 0 Å². The van der Waals surface area contributed by atoms with Crippen molar-refractivity contribution in [3.63, 3.8) is 0 Å². The molecule has 6 heteroatoms. The Morgan fingerprint density at radius 1 is 0.354 bits per heavy atom. The zero-order valence-electron chi connectivity index (χ0n) is 55.8. The van der Waals surface area contributed by atoms with E-state index in [1.54, 1.807) is 0 Å². The van der Waals surface area contributed by atoms with Crippen molar-refractivity contribution in [2.45, 2.75) is 249 Å². The van der Waals surface area contributed by atoms with Crippen molar-refractivity contribution in [2.24, 2.45) is 0 Å². The molecular formula is C76H102Ge2O4. The van der Waals surface area contributed by atoms with Crippen LogP contribution in [0.15, 0.2) is 72.8 Å². The standard InChI is InChI=1S/C76H102Ge2O4/c1-27-29-39-75(77(81-65-37-33-31-35-63(65)79-75,67-55(11)51(7)47(3)43-59(67)71(15,16)17)68-56(12)52(8)48(4)44-60(68)72(18,19)20)41-42-76(40-30-28-2)78(82-66-38-34-32-36-64(66)80-76,69-57(13)53(9)49(5)45-61(69)73(21,22)23)70-58(14)54(10)50(6)46-62(70)74(24,25)26/h31-38,43-46H,27-30,39-40H2,1-26H3. The molecule has 0 amide bonds. The number of aryl methyl sites for hydroxylation is 4. The van der Waals surface area contributed by atoms with E-state index in [-0.39, 0.29) is 21.7 Å². The molecule has 8 rings (SSSR count). The molecule has 0 bridgehead atoms. The summed E-state index contributed by atoms with van der Waals surface area (Å²) in [4.78, 5) is 0. The number of para-hydroxylation sites is 4. The quantitative estimate of drug-likeness (QED) is 0.101. The molecular weight excluding hydrogens is 1120 g/mol. The van der Waals surface area contributed by atoms with E-state index < -0.39 is 36.1 Å². The summed E-state index contributed by atoms with van der Waals surface area (Å²) >= 11 is -9.98. The molecule has 4 nitrogen and oxygen atoms in total. The molecule has 2 unspecified atom stereocenters. The molecule has 0 spiro atoms. The predicted octanol–water partition coefficient (Wildman–Crippen LogP) is 17.3. The Morgan fingerprint density at radius 3 is 0.805 bits per heavy atom. The van der Waals surface area contributed by atoms with Gasteiger partial charge in [-0.05, 0) is 0 Å². The Morgan fingerprint density at radius 2 is 0.585 bits per heavy atom. The van der Waals surface area contributed by atoms with E-state index in [1.807, 2.05) is 0 Å². The van der Waals surface area contributed by atoms with Crippen LogP contribution in [-0.2, 0) is 21.7 Å². The monoisotopic (exact) mass is 1230 g/mol. The van der Waals surface area contributed by atoms with Crippen LogP contribution in [0.25, 0.3) is 0 Å². The van der Waals surface area contributed by atoms with Crippen LogP contribution in [0, 0.1) is 94.9 Å². The first-order chi connectivity index (χ1) is 38.0. The molecule has 2 aliphatic heterocycles. The van der Waals surface area contributed by atoms with Gasteiger partial charge in [-0.25, -0.2) is 0 Å². The first-order valence-electron chi connectivity index (χ1n) is 31.0. The summed E-state index contributed by atoms with van der Waals surface area (Å²) in [5.74, 6) is 12.2. The van der Waals surface area contributed by atoms with Gasteiger partial charge in [-0.1, -0.05) is 0 Å². The Bertz CT molecular complexity index is 3150. The summed E-state index contributed by atoms with van der Waals surface area (Å²) < 4.78 is 37.1.